The van der Waals surface area contributed by atoms with Crippen molar-refractivity contribution in [3.05, 3.63) is 58.7 Å². The van der Waals surface area contributed by atoms with Gasteiger partial charge >= 0.3 is 0 Å². The minimum absolute atomic E-state index is 0. The molecule has 2 aromatic carbocycles. The third-order valence-electron chi connectivity index (χ3n) is 3.79. The Labute approximate surface area is 258 Å². The maximum atomic E-state index is 2.89. The Kier molecular flexibility index (Phi) is 18.6. The minimum atomic E-state index is 0. The van der Waals surface area contributed by atoms with Gasteiger partial charge in [-0.15, -0.1) is 18.5 Å². The van der Waals surface area contributed by atoms with E-state index in [4.69, 9.17) is 0 Å². The molecule has 0 nitrogen and oxygen atoms in total. The molecule has 0 aliphatic heterocycles. The summed E-state index contributed by atoms with van der Waals surface area (Å²) in [5.74, 6) is 0. The van der Waals surface area contributed by atoms with Crippen molar-refractivity contribution in [2.75, 3.05) is 0 Å². The molecular weight excluding hydrogens is 414 g/mol. The Morgan fingerprint density at radius 3 is 1.23 bits per heavy atom. The van der Waals surface area contributed by atoms with E-state index in [9.17, 15) is 0 Å². The molecule has 0 N–H and O–H groups in total. The molecule has 4 aliphatic carbocycles. The van der Waals surface area contributed by atoms with Crippen LogP contribution in [-0.4, -0.2) is 0 Å². The molecule has 0 aromatic heterocycles. The topological polar surface area (TPSA) is 0 Å². The van der Waals surface area contributed by atoms with Gasteiger partial charge in [-0.2, -0.15) is 0 Å². The zero-order valence-electron chi connectivity index (χ0n) is 11.9. The molecule has 6 rings (SSSR count). The molecule has 2 atom stereocenters. The molecule has 0 heterocycles. The van der Waals surface area contributed by atoms with Gasteiger partial charge in [-0.25, -0.2) is 0 Å². The van der Waals surface area contributed by atoms with E-state index >= 15 is 0 Å². The van der Waals surface area contributed by atoms with Gasteiger partial charge in [0.2, 0.25) is 0 Å². The van der Waals surface area contributed by atoms with Crippen LogP contribution in [0.1, 0.15) is 22.3 Å². The van der Waals surface area contributed by atoms with Crippen molar-refractivity contribution in [1.82, 2.24) is 0 Å². The van der Waals surface area contributed by atoms with E-state index in [-0.39, 0.29) is 151 Å². The van der Waals surface area contributed by atoms with Crippen LogP contribution in [0.2, 0.25) is 0 Å². The quantitative estimate of drug-likeness (QED) is 0.562. The molecule has 0 saturated heterocycles. The summed E-state index contributed by atoms with van der Waals surface area (Å²) in [6.07, 6.45) is 4.51. The van der Waals surface area contributed by atoms with Crippen molar-refractivity contribution in [3.63, 3.8) is 0 Å². The van der Waals surface area contributed by atoms with Crippen LogP contribution in [-0.2, 0) is 25.7 Å². The largest absolute Gasteiger partial charge is 0.105 e. The fourth-order valence-electron chi connectivity index (χ4n) is 2.61. The van der Waals surface area contributed by atoms with Crippen molar-refractivity contribution in [1.29, 1.82) is 0 Å². The molecule has 4 bridgehead atoms. The van der Waals surface area contributed by atoms with E-state index in [1.54, 1.807) is 0 Å². The molecule has 0 saturated carbocycles. The first-order valence-corrected chi connectivity index (χ1v) is 7.62. The maximum absolute atomic E-state index is 2.89. The normalized spacial score (nSPS) is 11.7. The van der Waals surface area contributed by atoms with Crippen LogP contribution in [0.4, 0.5) is 0 Å². The van der Waals surface area contributed by atoms with Gasteiger partial charge in [0.1, 0.15) is 0 Å². The molecule has 4 aliphatic rings. The number of hydrogen-bond acceptors (Lipinski definition) is 0. The van der Waals surface area contributed by atoms with Crippen LogP contribution in [0.3, 0.4) is 0 Å². The Morgan fingerprint density at radius 1 is 0.545 bits per heavy atom. The summed E-state index contributed by atoms with van der Waals surface area (Å²) in [5, 5.41) is 2.74. The first-order valence-electron chi connectivity index (χ1n) is 6.47. The van der Waals surface area contributed by atoms with E-state index < -0.39 is 0 Å². The zero-order valence-corrected chi connectivity index (χ0v) is 17.0. The molecule has 6 heteroatoms. The second-order valence-electron chi connectivity index (χ2n) is 5.07. The summed E-state index contributed by atoms with van der Waals surface area (Å²) >= 11 is 0. The SMILES string of the molecule is Pc1cc2ccc1CCc1ccc(c(P)c1)CC2.[Ar].[Ar].[Ar].[Ar]. The second kappa shape index (κ2) is 14.4. The Balaban J connectivity index is 0. The van der Waals surface area contributed by atoms with Gasteiger partial charge in [-0.3, -0.25) is 0 Å². The first kappa shape index (κ1) is 28.5. The van der Waals surface area contributed by atoms with Crippen LogP contribution in [0.15, 0.2) is 36.4 Å². The maximum Gasteiger partial charge on any atom is 0 e. The van der Waals surface area contributed by atoms with Gasteiger partial charge in [0.05, 0.1) is 0 Å². The van der Waals surface area contributed by atoms with Gasteiger partial charge in [-0.05, 0) is 58.5 Å². The standard InChI is InChI=1S/C16H18P2.4Ar/c17-15-9-11-1-5-13(15)8-4-12-2-6-14(7-3-11)16(18)10-12;;;;/h1-2,5-6,9-10H,3-4,7-8,17-18H2;;;;. The van der Waals surface area contributed by atoms with Crippen molar-refractivity contribution >= 4 is 29.1 Å². The smallest absolute Gasteiger partial charge is 0 e. The Morgan fingerprint density at radius 2 is 0.909 bits per heavy atom. The van der Waals surface area contributed by atoms with Gasteiger partial charge < -0.3 is 0 Å². The summed E-state index contributed by atoms with van der Waals surface area (Å²) in [4.78, 5) is 0. The van der Waals surface area contributed by atoms with E-state index in [1.807, 2.05) is 0 Å². The van der Waals surface area contributed by atoms with Crippen LogP contribution in [0.25, 0.3) is 0 Å². The van der Waals surface area contributed by atoms with Crippen LogP contribution >= 0.6 is 18.5 Å². The van der Waals surface area contributed by atoms with Gasteiger partial charge in [0, 0.05) is 151 Å². The summed E-state index contributed by atoms with van der Waals surface area (Å²) in [5.41, 5.74) is 5.80. The molecule has 124 valence electrons. The minimum Gasteiger partial charge on any atom is -0.105 e. The van der Waals surface area contributed by atoms with Gasteiger partial charge in [0.15, 0.2) is 0 Å². The van der Waals surface area contributed by atoms with Crippen LogP contribution < -0.4 is 10.6 Å². The Bertz CT molecular complexity index is 549. The van der Waals surface area contributed by atoms with Crippen LogP contribution in [0, 0.1) is 151 Å². The van der Waals surface area contributed by atoms with Crippen molar-refractivity contribution < 1.29 is 151 Å². The van der Waals surface area contributed by atoms with Gasteiger partial charge in [0.25, 0.3) is 0 Å². The Hall–Kier alpha value is 4.34. The number of aryl methyl sites for hydroxylation is 4. The molecular formula is C16H18Ar4P2. The third kappa shape index (κ3) is 8.15. The monoisotopic (exact) mass is 432 g/mol. The van der Waals surface area contributed by atoms with E-state index in [2.05, 4.69) is 54.9 Å². The predicted octanol–water partition coefficient (Wildman–Crippen LogP) is 2.57. The number of hydrogen-bond donors (Lipinski definition) is 0. The molecule has 2 aromatic rings. The molecule has 0 spiro atoms. The average Bonchev–Trinajstić information content (AvgIpc) is 2.34. The summed E-state index contributed by atoms with van der Waals surface area (Å²) in [7, 11) is 5.78. The van der Waals surface area contributed by atoms with Crippen molar-refractivity contribution in [2.45, 2.75) is 25.7 Å². The van der Waals surface area contributed by atoms with Gasteiger partial charge in [-0.1, -0.05) is 36.4 Å². The fraction of sp³-hybridized carbons (Fsp3) is 0.250. The zero-order chi connectivity index (χ0) is 12.5. The third-order valence-corrected chi connectivity index (χ3v) is 4.86. The molecule has 0 amide bonds. The fourth-order valence-corrected chi connectivity index (χ4v) is 3.52. The summed E-state index contributed by atoms with van der Waals surface area (Å²) < 4.78 is 0. The first-order chi connectivity index (χ1) is 8.72. The number of rotatable bonds is 0. The molecule has 0 radical (unpaired) electrons. The van der Waals surface area contributed by atoms with E-state index in [0.29, 0.717) is 0 Å². The van der Waals surface area contributed by atoms with E-state index in [0.717, 1.165) is 25.7 Å². The average molecular weight is 432 g/mol. The summed E-state index contributed by atoms with van der Waals surface area (Å²) in [6.45, 7) is 0. The molecule has 0 fully saturated rings. The molecule has 22 heavy (non-hydrogen) atoms. The van der Waals surface area contributed by atoms with E-state index in [1.165, 1.54) is 32.9 Å². The predicted molar refractivity (Wildman–Crippen MR) is 86.4 cm³/mol. The summed E-state index contributed by atoms with van der Waals surface area (Å²) in [6, 6.07) is 13.8. The van der Waals surface area contributed by atoms with Crippen molar-refractivity contribution in [3.8, 4) is 0 Å². The second-order valence-corrected chi connectivity index (χ2v) is 6.31. The molecule has 2 unspecified atom stereocenters. The van der Waals surface area contributed by atoms with Crippen molar-refractivity contribution in [2.24, 2.45) is 0 Å². The number of benzene rings is 2. The van der Waals surface area contributed by atoms with Crippen LogP contribution in [0.5, 0.6) is 0 Å².